The summed E-state index contributed by atoms with van der Waals surface area (Å²) >= 11 is 0. The van der Waals surface area contributed by atoms with Crippen LogP contribution < -0.4 is 10.6 Å². The summed E-state index contributed by atoms with van der Waals surface area (Å²) in [6.07, 6.45) is 1.69. The quantitative estimate of drug-likeness (QED) is 0.802. The van der Waals surface area contributed by atoms with Gasteiger partial charge >= 0.3 is 6.03 Å². The van der Waals surface area contributed by atoms with E-state index in [9.17, 15) is 4.79 Å². The van der Waals surface area contributed by atoms with Crippen molar-refractivity contribution in [2.45, 2.75) is 34.6 Å². The molecule has 0 aliphatic rings. The first-order chi connectivity index (χ1) is 7.90. The zero-order valence-electron chi connectivity index (χ0n) is 11.1. The van der Waals surface area contributed by atoms with E-state index >= 15 is 0 Å². The second-order valence-electron chi connectivity index (χ2n) is 4.59. The molecule has 0 spiro atoms. The average molecular weight is 232 g/mol. The number of benzene rings is 1. The first-order valence-corrected chi connectivity index (χ1v) is 5.69. The monoisotopic (exact) mass is 232 g/mol. The van der Waals surface area contributed by atoms with E-state index in [0.29, 0.717) is 0 Å². The molecular weight excluding hydrogens is 212 g/mol. The maximum Gasteiger partial charge on any atom is 0.323 e. The number of nitrogens with one attached hydrogen (secondary N) is 2. The van der Waals surface area contributed by atoms with Crippen LogP contribution >= 0.6 is 0 Å². The van der Waals surface area contributed by atoms with Gasteiger partial charge in [-0.05, 0) is 45.7 Å². The van der Waals surface area contributed by atoms with Gasteiger partial charge in [-0.2, -0.15) is 0 Å². The summed E-state index contributed by atoms with van der Waals surface area (Å²) < 4.78 is 0. The van der Waals surface area contributed by atoms with E-state index < -0.39 is 0 Å². The average Bonchev–Trinajstić information content (AvgIpc) is 2.20. The Labute approximate surface area is 103 Å². The van der Waals surface area contributed by atoms with Crippen LogP contribution in [0.1, 0.15) is 30.5 Å². The second kappa shape index (κ2) is 5.53. The van der Waals surface area contributed by atoms with Crippen LogP contribution in [-0.4, -0.2) is 6.03 Å². The molecule has 0 saturated heterocycles. The lowest BCUT2D eigenvalue weighted by molar-refractivity contribution is 0.255. The van der Waals surface area contributed by atoms with Crippen LogP contribution in [0.4, 0.5) is 10.5 Å². The van der Waals surface area contributed by atoms with Gasteiger partial charge in [0.15, 0.2) is 0 Å². The topological polar surface area (TPSA) is 41.1 Å². The Morgan fingerprint density at radius 1 is 1.12 bits per heavy atom. The summed E-state index contributed by atoms with van der Waals surface area (Å²) in [6.45, 7) is 9.91. The van der Waals surface area contributed by atoms with E-state index in [4.69, 9.17) is 0 Å². The minimum absolute atomic E-state index is 0.207. The maximum atomic E-state index is 11.6. The molecule has 1 aromatic rings. The molecule has 0 heterocycles. The molecule has 17 heavy (non-hydrogen) atoms. The first kappa shape index (κ1) is 13.3. The zero-order chi connectivity index (χ0) is 13.0. The molecule has 0 fully saturated rings. The van der Waals surface area contributed by atoms with Crippen molar-refractivity contribution in [2.75, 3.05) is 5.32 Å². The summed E-state index contributed by atoms with van der Waals surface area (Å²) in [5, 5.41) is 5.55. The van der Waals surface area contributed by atoms with Crippen LogP contribution in [0, 0.1) is 20.8 Å². The third-order valence-electron chi connectivity index (χ3n) is 2.41. The fraction of sp³-hybridized carbons (Fsp3) is 0.357. The lowest BCUT2D eigenvalue weighted by atomic mass is 10.1. The van der Waals surface area contributed by atoms with E-state index in [0.717, 1.165) is 22.4 Å². The molecule has 0 radical (unpaired) electrons. The van der Waals surface area contributed by atoms with Crippen LogP contribution in [0.2, 0.25) is 0 Å². The summed E-state index contributed by atoms with van der Waals surface area (Å²) in [7, 11) is 0. The van der Waals surface area contributed by atoms with Crippen LogP contribution in [0.25, 0.3) is 0 Å². The standard InChI is InChI=1S/C14H20N2O/c1-9(2)8-15-14(17)16-13-11(4)6-10(3)7-12(13)5/h6-8H,1-5H3,(H2,15,16,17). The normalized spacial score (nSPS) is 9.71. The number of anilines is 1. The van der Waals surface area contributed by atoms with Gasteiger partial charge in [-0.3, -0.25) is 0 Å². The van der Waals surface area contributed by atoms with Crippen LogP contribution in [0.3, 0.4) is 0 Å². The number of hydrogen-bond donors (Lipinski definition) is 2. The molecular formula is C14H20N2O. The van der Waals surface area contributed by atoms with Gasteiger partial charge < -0.3 is 10.6 Å². The molecule has 3 nitrogen and oxygen atoms in total. The number of urea groups is 1. The minimum atomic E-state index is -0.207. The summed E-state index contributed by atoms with van der Waals surface area (Å²) in [6, 6.07) is 3.91. The van der Waals surface area contributed by atoms with Gasteiger partial charge in [0.1, 0.15) is 0 Å². The Hall–Kier alpha value is -1.77. The SMILES string of the molecule is CC(C)=CNC(=O)Nc1c(C)cc(C)cc1C. The smallest absolute Gasteiger partial charge is 0.314 e. The van der Waals surface area contributed by atoms with Crippen molar-refractivity contribution in [3.05, 3.63) is 40.6 Å². The lowest BCUT2D eigenvalue weighted by Crippen LogP contribution is -2.25. The molecule has 0 atom stereocenters. The molecule has 0 aliphatic carbocycles. The van der Waals surface area contributed by atoms with Crippen molar-refractivity contribution >= 4 is 11.7 Å². The van der Waals surface area contributed by atoms with E-state index in [1.54, 1.807) is 6.20 Å². The minimum Gasteiger partial charge on any atom is -0.314 e. The molecule has 3 heteroatoms. The molecule has 0 saturated carbocycles. The highest BCUT2D eigenvalue weighted by atomic mass is 16.2. The Kier molecular flexibility index (Phi) is 4.32. The summed E-state index contributed by atoms with van der Waals surface area (Å²) in [4.78, 5) is 11.6. The third-order valence-corrected chi connectivity index (χ3v) is 2.41. The molecule has 0 aliphatic heterocycles. The van der Waals surface area contributed by atoms with Crippen LogP contribution in [0.5, 0.6) is 0 Å². The first-order valence-electron chi connectivity index (χ1n) is 5.69. The van der Waals surface area contributed by atoms with Crippen molar-refractivity contribution < 1.29 is 4.79 Å². The van der Waals surface area contributed by atoms with Gasteiger partial charge in [0.05, 0.1) is 0 Å². The highest BCUT2D eigenvalue weighted by Crippen LogP contribution is 2.21. The lowest BCUT2D eigenvalue weighted by Gasteiger charge is -2.12. The van der Waals surface area contributed by atoms with Gasteiger partial charge in [-0.1, -0.05) is 23.3 Å². The Balaban J connectivity index is 2.82. The van der Waals surface area contributed by atoms with E-state index in [1.165, 1.54) is 5.56 Å². The number of carbonyl (C=O) groups is 1. The number of allylic oxidation sites excluding steroid dienone is 1. The number of amides is 2. The molecule has 1 aromatic carbocycles. The number of aryl methyl sites for hydroxylation is 3. The molecule has 1 rings (SSSR count). The highest BCUT2D eigenvalue weighted by molar-refractivity contribution is 5.91. The van der Waals surface area contributed by atoms with E-state index in [-0.39, 0.29) is 6.03 Å². The summed E-state index contributed by atoms with van der Waals surface area (Å²) in [5.74, 6) is 0. The van der Waals surface area contributed by atoms with Crippen LogP contribution in [-0.2, 0) is 0 Å². The van der Waals surface area contributed by atoms with Gasteiger partial charge in [-0.25, -0.2) is 4.79 Å². The van der Waals surface area contributed by atoms with Crippen molar-refractivity contribution in [1.29, 1.82) is 0 Å². The fourth-order valence-electron chi connectivity index (χ4n) is 1.74. The predicted molar refractivity (Wildman–Crippen MR) is 72.2 cm³/mol. The number of hydrogen-bond acceptors (Lipinski definition) is 1. The second-order valence-corrected chi connectivity index (χ2v) is 4.59. The van der Waals surface area contributed by atoms with E-state index in [2.05, 4.69) is 22.8 Å². The molecule has 2 N–H and O–H groups in total. The van der Waals surface area contributed by atoms with Crippen molar-refractivity contribution in [3.8, 4) is 0 Å². The number of carbonyl (C=O) groups excluding carboxylic acids is 1. The largest absolute Gasteiger partial charge is 0.323 e. The molecule has 0 unspecified atom stereocenters. The van der Waals surface area contributed by atoms with Crippen LogP contribution in [0.15, 0.2) is 23.9 Å². The van der Waals surface area contributed by atoms with E-state index in [1.807, 2.05) is 34.6 Å². The van der Waals surface area contributed by atoms with Gasteiger partial charge in [0, 0.05) is 11.9 Å². The summed E-state index contributed by atoms with van der Waals surface area (Å²) in [5.41, 5.74) is 5.30. The Bertz CT molecular complexity index is 434. The Morgan fingerprint density at radius 2 is 1.65 bits per heavy atom. The van der Waals surface area contributed by atoms with Gasteiger partial charge in [0.25, 0.3) is 0 Å². The maximum absolute atomic E-state index is 11.6. The van der Waals surface area contributed by atoms with Gasteiger partial charge in [-0.15, -0.1) is 0 Å². The van der Waals surface area contributed by atoms with Crippen molar-refractivity contribution in [3.63, 3.8) is 0 Å². The Morgan fingerprint density at radius 3 is 2.12 bits per heavy atom. The molecule has 0 bridgehead atoms. The predicted octanol–water partition coefficient (Wildman–Crippen LogP) is 3.66. The van der Waals surface area contributed by atoms with Gasteiger partial charge in [0.2, 0.25) is 0 Å². The third kappa shape index (κ3) is 3.94. The molecule has 2 amide bonds. The molecule has 92 valence electrons. The van der Waals surface area contributed by atoms with Crippen molar-refractivity contribution in [1.82, 2.24) is 5.32 Å². The molecule has 0 aromatic heterocycles. The fourth-order valence-corrected chi connectivity index (χ4v) is 1.74. The zero-order valence-corrected chi connectivity index (χ0v) is 11.1. The highest BCUT2D eigenvalue weighted by Gasteiger charge is 2.06. The number of rotatable bonds is 2. The van der Waals surface area contributed by atoms with Crippen molar-refractivity contribution in [2.24, 2.45) is 0 Å².